The molecule has 39 heavy (non-hydrogen) atoms. The third-order valence-corrected chi connectivity index (χ3v) is 7.53. The topological polar surface area (TPSA) is 118 Å². The van der Waals surface area contributed by atoms with E-state index in [1.807, 2.05) is 18.3 Å². The van der Waals surface area contributed by atoms with E-state index in [-0.39, 0.29) is 17.8 Å². The van der Waals surface area contributed by atoms with Crippen molar-refractivity contribution in [3.8, 4) is 11.5 Å². The molecule has 0 aliphatic carbocycles. The molecule has 0 fully saturated rings. The number of nitrogens with zero attached hydrogens (tertiary/aromatic N) is 1. The molecule has 1 aromatic rings. The van der Waals surface area contributed by atoms with Gasteiger partial charge < -0.3 is 30.5 Å². The molecule has 5 N–H and O–H groups in total. The number of nitrogens with two attached hydrogens (primary N) is 1. The van der Waals surface area contributed by atoms with Crippen molar-refractivity contribution >= 4 is 6.21 Å². The molecule has 3 rings (SSSR count). The Bertz CT molecular complexity index is 958. The summed E-state index contributed by atoms with van der Waals surface area (Å²) in [5, 5.41) is 29.6. The normalized spacial score (nSPS) is 18.8. The Kier molecular flexibility index (Phi) is 13.1. The lowest BCUT2D eigenvalue weighted by Crippen LogP contribution is -2.23. The summed E-state index contributed by atoms with van der Waals surface area (Å²) in [6.45, 7) is 4.91. The van der Waals surface area contributed by atoms with Crippen LogP contribution in [0.5, 0.6) is 11.5 Å². The van der Waals surface area contributed by atoms with E-state index in [0.29, 0.717) is 25.2 Å². The van der Waals surface area contributed by atoms with Crippen LogP contribution >= 0.6 is 0 Å². The first-order valence-corrected chi connectivity index (χ1v) is 14.7. The zero-order valence-electron chi connectivity index (χ0n) is 23.7. The Labute approximate surface area is 234 Å². The summed E-state index contributed by atoms with van der Waals surface area (Å²) in [5.74, 6) is 1.89. The van der Waals surface area contributed by atoms with Crippen LogP contribution in [0.1, 0.15) is 83.6 Å². The predicted molar refractivity (Wildman–Crippen MR) is 156 cm³/mol. The number of phenols is 1. The highest BCUT2D eigenvalue weighted by Crippen LogP contribution is 2.31. The van der Waals surface area contributed by atoms with Gasteiger partial charge in [0.1, 0.15) is 12.2 Å². The van der Waals surface area contributed by atoms with Crippen LogP contribution in [0.2, 0.25) is 0 Å². The molecule has 4 unspecified atom stereocenters. The fraction of sp³-hybridized carbons (Fsp3) is 0.594. The van der Waals surface area contributed by atoms with Gasteiger partial charge in [0.05, 0.1) is 24.7 Å². The molecule has 0 aromatic heterocycles. The predicted octanol–water partition coefficient (Wildman–Crippen LogP) is 5.58. The van der Waals surface area contributed by atoms with Gasteiger partial charge in [0, 0.05) is 12.0 Å². The Morgan fingerprint density at radius 1 is 1.10 bits per heavy atom. The van der Waals surface area contributed by atoms with Crippen LogP contribution in [0.4, 0.5) is 0 Å². The number of aromatic hydroxyl groups is 1. The number of rotatable bonds is 19. The third kappa shape index (κ3) is 10.8. The monoisotopic (exact) mass is 540 g/mol. The number of aliphatic hydroxyl groups excluding tert-OH is 2. The van der Waals surface area contributed by atoms with Crippen LogP contribution in [0.3, 0.4) is 0 Å². The number of hydrogen-bond acceptors (Lipinski definition) is 7. The SMILES string of the molecule is CC(CCC(O)C(C)O)C1=C[C+](CCOc2cc(CCC3=C[CH-]C(CCCCCCCN)O3)ccc2O)N=C1. The number of hydrogen-bond donors (Lipinski definition) is 4. The molecule has 1 aromatic carbocycles. The fourth-order valence-electron chi connectivity index (χ4n) is 4.83. The van der Waals surface area contributed by atoms with E-state index in [0.717, 1.165) is 61.6 Å². The van der Waals surface area contributed by atoms with Gasteiger partial charge in [0.2, 0.25) is 0 Å². The first kappa shape index (κ1) is 30.9. The van der Waals surface area contributed by atoms with Gasteiger partial charge in [-0.25, -0.2) is 0 Å². The van der Waals surface area contributed by atoms with E-state index in [1.165, 1.54) is 25.7 Å². The zero-order chi connectivity index (χ0) is 28.0. The molecular weight excluding hydrogens is 492 g/mol. The second-order valence-electron chi connectivity index (χ2n) is 10.9. The molecule has 0 amide bonds. The Morgan fingerprint density at radius 3 is 2.69 bits per heavy atom. The molecule has 2 aliphatic rings. The van der Waals surface area contributed by atoms with Crippen LogP contribution in [0.15, 0.2) is 46.7 Å². The average Bonchev–Trinajstić information content (AvgIpc) is 3.59. The lowest BCUT2D eigenvalue weighted by Gasteiger charge is -2.21. The highest BCUT2D eigenvalue weighted by atomic mass is 16.5. The first-order valence-electron chi connectivity index (χ1n) is 14.7. The van der Waals surface area contributed by atoms with Crippen molar-refractivity contribution in [2.45, 2.75) is 103 Å². The van der Waals surface area contributed by atoms with Gasteiger partial charge in [-0.3, -0.25) is 0 Å². The van der Waals surface area contributed by atoms with Gasteiger partial charge in [0.25, 0.3) is 0 Å². The highest BCUT2D eigenvalue weighted by Gasteiger charge is 2.26. The van der Waals surface area contributed by atoms with Crippen molar-refractivity contribution in [2.24, 2.45) is 16.6 Å². The van der Waals surface area contributed by atoms with Crippen LogP contribution in [-0.4, -0.2) is 53.0 Å². The summed E-state index contributed by atoms with van der Waals surface area (Å²) in [4.78, 5) is 4.50. The first-order chi connectivity index (χ1) is 18.9. The summed E-state index contributed by atoms with van der Waals surface area (Å²) in [6, 6.07) is 6.47. The summed E-state index contributed by atoms with van der Waals surface area (Å²) in [6.07, 6.45) is 17.7. The van der Waals surface area contributed by atoms with Crippen LogP contribution < -0.4 is 10.5 Å². The molecule has 7 heteroatoms. The molecule has 0 saturated heterocycles. The van der Waals surface area contributed by atoms with Gasteiger partial charge in [0.15, 0.2) is 23.8 Å². The van der Waals surface area contributed by atoms with E-state index in [9.17, 15) is 15.3 Å². The number of benzene rings is 1. The minimum Gasteiger partial charge on any atom is -0.592 e. The molecule has 7 nitrogen and oxygen atoms in total. The van der Waals surface area contributed by atoms with E-state index in [1.54, 1.807) is 13.0 Å². The number of aliphatic hydroxyl groups is 2. The Hall–Kier alpha value is -2.61. The van der Waals surface area contributed by atoms with Gasteiger partial charge >= 0.3 is 0 Å². The molecule has 216 valence electrons. The average molecular weight is 541 g/mol. The molecule has 0 spiro atoms. The third-order valence-electron chi connectivity index (χ3n) is 7.53. The second-order valence-corrected chi connectivity index (χ2v) is 10.9. The number of allylic oxidation sites excluding steroid dienone is 2. The van der Waals surface area contributed by atoms with Crippen LogP contribution in [-0.2, 0) is 11.2 Å². The van der Waals surface area contributed by atoms with Gasteiger partial charge in [-0.2, -0.15) is 12.5 Å². The minimum atomic E-state index is -0.714. The molecule has 0 radical (unpaired) electrons. The van der Waals surface area contributed by atoms with Gasteiger partial charge in [-0.1, -0.05) is 43.9 Å². The number of aliphatic imine (C=N–C) groups is 1. The lowest BCUT2D eigenvalue weighted by atomic mass is 9.94. The van der Waals surface area contributed by atoms with Crippen molar-refractivity contribution in [2.75, 3.05) is 13.2 Å². The van der Waals surface area contributed by atoms with Crippen LogP contribution in [0, 0.1) is 18.4 Å². The number of ether oxygens (including phenoxy) is 2. The number of aryl methyl sites for hydroxylation is 1. The maximum Gasteiger partial charge on any atom is 0.176 e. The van der Waals surface area contributed by atoms with Crippen molar-refractivity contribution in [3.05, 3.63) is 59.7 Å². The maximum atomic E-state index is 10.3. The summed E-state index contributed by atoms with van der Waals surface area (Å²) < 4.78 is 12.0. The molecular formula is C32H48N2O5. The van der Waals surface area contributed by atoms with Crippen molar-refractivity contribution in [3.63, 3.8) is 0 Å². The van der Waals surface area contributed by atoms with E-state index in [2.05, 4.69) is 30.5 Å². The minimum absolute atomic E-state index is 0.136. The van der Waals surface area contributed by atoms with Crippen molar-refractivity contribution in [1.82, 2.24) is 0 Å². The van der Waals surface area contributed by atoms with Crippen molar-refractivity contribution < 1.29 is 24.8 Å². The van der Waals surface area contributed by atoms with Gasteiger partial charge in [-0.15, -0.1) is 4.99 Å². The highest BCUT2D eigenvalue weighted by molar-refractivity contribution is 5.83. The lowest BCUT2D eigenvalue weighted by molar-refractivity contribution is 0.0235. The van der Waals surface area contributed by atoms with E-state index < -0.39 is 12.2 Å². The zero-order valence-corrected chi connectivity index (χ0v) is 23.7. The number of unbranched alkanes of at least 4 members (excludes halogenated alkanes) is 4. The number of phenolic OH excluding ortho intramolecular Hbond substituents is 1. The van der Waals surface area contributed by atoms with Gasteiger partial charge in [-0.05, 0) is 70.2 Å². The fourth-order valence-corrected chi connectivity index (χ4v) is 4.83. The van der Waals surface area contributed by atoms with E-state index in [4.69, 9.17) is 15.2 Å². The standard InChI is InChI=1S/C32H48N2O5/c1-23(9-15-30(36)24(2)35)26-21-27(34-22-26)17-19-38-32-20-25(11-16-31(32)37)10-12-29-14-13-28(39-29)8-6-4-3-5-7-18-33/h11,13-14,16,20-24,28,30,35-37H,3-10,12,15,17-19,33H2,1-2H3. The Morgan fingerprint density at radius 2 is 1.90 bits per heavy atom. The Balaban J connectivity index is 1.35. The summed E-state index contributed by atoms with van der Waals surface area (Å²) in [7, 11) is 0. The van der Waals surface area contributed by atoms with E-state index >= 15 is 0 Å². The second kappa shape index (κ2) is 16.5. The summed E-state index contributed by atoms with van der Waals surface area (Å²) >= 11 is 0. The molecule has 2 heterocycles. The van der Waals surface area contributed by atoms with Crippen LogP contribution in [0.25, 0.3) is 0 Å². The molecule has 0 bridgehead atoms. The molecule has 0 saturated carbocycles. The largest absolute Gasteiger partial charge is 0.592 e. The molecule has 2 aliphatic heterocycles. The maximum absolute atomic E-state index is 10.3. The van der Waals surface area contributed by atoms with Crippen molar-refractivity contribution in [1.29, 1.82) is 0 Å². The quantitative estimate of drug-likeness (QED) is 0.134. The molecule has 4 atom stereocenters. The summed E-state index contributed by atoms with van der Waals surface area (Å²) in [5.41, 5.74) is 7.77. The smallest absolute Gasteiger partial charge is 0.176 e.